The summed E-state index contributed by atoms with van der Waals surface area (Å²) in [5.41, 5.74) is 0. The Bertz CT molecular complexity index is 305. The van der Waals surface area contributed by atoms with Crippen LogP contribution in [0.25, 0.3) is 0 Å². The van der Waals surface area contributed by atoms with Crippen LogP contribution < -0.4 is 5.32 Å². The van der Waals surface area contributed by atoms with E-state index in [1.807, 2.05) is 0 Å². The van der Waals surface area contributed by atoms with E-state index in [1.54, 1.807) is 4.90 Å². The summed E-state index contributed by atoms with van der Waals surface area (Å²) in [5.74, 6) is 0.457. The van der Waals surface area contributed by atoms with Gasteiger partial charge in [-0.15, -0.1) is 0 Å². The molecule has 2 amide bonds. The normalized spacial score (nSPS) is 25.1. The van der Waals surface area contributed by atoms with Crippen molar-refractivity contribution in [2.45, 2.75) is 31.5 Å². The second-order valence-electron chi connectivity index (χ2n) is 4.77. The highest BCUT2D eigenvalue weighted by Crippen LogP contribution is 2.36. The van der Waals surface area contributed by atoms with Crippen molar-refractivity contribution < 1.29 is 22.7 Å². The van der Waals surface area contributed by atoms with Crippen molar-refractivity contribution in [3.05, 3.63) is 0 Å². The molecular weight excluding hydrogens is 249 g/mol. The van der Waals surface area contributed by atoms with Crippen LogP contribution in [0.1, 0.15) is 19.3 Å². The van der Waals surface area contributed by atoms with E-state index in [-0.39, 0.29) is 12.6 Å². The first-order valence-corrected chi connectivity index (χ1v) is 6.16. The van der Waals surface area contributed by atoms with Crippen molar-refractivity contribution in [3.63, 3.8) is 0 Å². The minimum Gasteiger partial charge on any atom is -0.377 e. The van der Waals surface area contributed by atoms with Crippen molar-refractivity contribution in [2.75, 3.05) is 26.3 Å². The van der Waals surface area contributed by atoms with Crippen molar-refractivity contribution in [1.29, 1.82) is 0 Å². The molecule has 2 aliphatic rings. The molecule has 1 aliphatic heterocycles. The number of hydrogen-bond donors (Lipinski definition) is 1. The third kappa shape index (κ3) is 3.76. The summed E-state index contributed by atoms with van der Waals surface area (Å²) in [6.45, 7) is 1.05. The quantitative estimate of drug-likeness (QED) is 0.845. The number of carbonyl (C=O) groups excluding carboxylic acids is 1. The molecule has 18 heavy (non-hydrogen) atoms. The maximum absolute atomic E-state index is 12.0. The molecule has 0 bridgehead atoms. The maximum Gasteiger partial charge on any atom is 0.390 e. The average Bonchev–Trinajstić information content (AvgIpc) is 3.11. The van der Waals surface area contributed by atoms with Crippen molar-refractivity contribution in [2.24, 2.45) is 5.92 Å². The Balaban J connectivity index is 1.79. The highest BCUT2D eigenvalue weighted by atomic mass is 19.4. The van der Waals surface area contributed by atoms with Crippen LogP contribution in [0.3, 0.4) is 0 Å². The fraction of sp³-hybridized carbons (Fsp3) is 0.909. The SMILES string of the molecule is O=C(NCCC(F)(F)F)N1CCOCC1C1CC1. The number of alkyl halides is 3. The van der Waals surface area contributed by atoms with Gasteiger partial charge in [0.25, 0.3) is 0 Å². The Morgan fingerprint density at radius 3 is 2.72 bits per heavy atom. The van der Waals surface area contributed by atoms with Gasteiger partial charge in [-0.1, -0.05) is 0 Å². The topological polar surface area (TPSA) is 41.6 Å². The van der Waals surface area contributed by atoms with Gasteiger partial charge in [-0.25, -0.2) is 4.79 Å². The maximum atomic E-state index is 12.0. The zero-order chi connectivity index (χ0) is 13.2. The minimum atomic E-state index is -4.23. The number of urea groups is 1. The molecule has 1 heterocycles. The first-order valence-electron chi connectivity index (χ1n) is 6.16. The zero-order valence-corrected chi connectivity index (χ0v) is 10.0. The third-order valence-corrected chi connectivity index (χ3v) is 3.28. The van der Waals surface area contributed by atoms with Crippen molar-refractivity contribution in [1.82, 2.24) is 10.2 Å². The van der Waals surface area contributed by atoms with Gasteiger partial charge in [0.05, 0.1) is 25.7 Å². The summed E-state index contributed by atoms with van der Waals surface area (Å²) < 4.78 is 41.3. The molecule has 0 radical (unpaired) electrons. The first-order chi connectivity index (χ1) is 8.47. The molecule has 1 N–H and O–H groups in total. The van der Waals surface area contributed by atoms with Crippen LogP contribution in [0, 0.1) is 5.92 Å². The molecule has 1 aliphatic carbocycles. The molecule has 1 saturated heterocycles. The number of ether oxygens (including phenoxy) is 1. The second-order valence-corrected chi connectivity index (χ2v) is 4.77. The molecule has 1 unspecified atom stereocenters. The number of carbonyl (C=O) groups is 1. The highest BCUT2D eigenvalue weighted by molar-refractivity contribution is 5.74. The smallest absolute Gasteiger partial charge is 0.377 e. The minimum absolute atomic E-state index is 0.0321. The predicted octanol–water partition coefficient (Wildman–Crippen LogP) is 1.76. The fourth-order valence-corrected chi connectivity index (χ4v) is 2.16. The van der Waals surface area contributed by atoms with Gasteiger partial charge < -0.3 is 15.0 Å². The van der Waals surface area contributed by atoms with E-state index in [1.165, 1.54) is 0 Å². The van der Waals surface area contributed by atoms with Crippen molar-refractivity contribution in [3.8, 4) is 0 Å². The summed E-state index contributed by atoms with van der Waals surface area (Å²) in [6, 6.07) is -0.371. The van der Waals surface area contributed by atoms with E-state index < -0.39 is 18.6 Å². The lowest BCUT2D eigenvalue weighted by Gasteiger charge is -2.35. The van der Waals surface area contributed by atoms with E-state index in [4.69, 9.17) is 4.74 Å². The monoisotopic (exact) mass is 266 g/mol. The number of nitrogens with one attached hydrogen (secondary N) is 1. The Morgan fingerprint density at radius 1 is 1.39 bits per heavy atom. The fourth-order valence-electron chi connectivity index (χ4n) is 2.16. The van der Waals surface area contributed by atoms with Gasteiger partial charge in [-0.2, -0.15) is 13.2 Å². The molecular formula is C11H17F3N2O2. The van der Waals surface area contributed by atoms with Gasteiger partial charge >= 0.3 is 12.2 Å². The average molecular weight is 266 g/mol. The van der Waals surface area contributed by atoms with Crippen LogP contribution in [0.5, 0.6) is 0 Å². The molecule has 0 aromatic carbocycles. The first kappa shape index (κ1) is 13.5. The molecule has 0 aromatic rings. The number of rotatable bonds is 3. The van der Waals surface area contributed by atoms with Crippen LogP contribution in [0.15, 0.2) is 0 Å². The number of amides is 2. The lowest BCUT2D eigenvalue weighted by molar-refractivity contribution is -0.133. The van der Waals surface area contributed by atoms with E-state index in [0.717, 1.165) is 12.8 Å². The van der Waals surface area contributed by atoms with Crippen LogP contribution in [0.2, 0.25) is 0 Å². The zero-order valence-electron chi connectivity index (χ0n) is 10.0. The van der Waals surface area contributed by atoms with Gasteiger partial charge in [-0.05, 0) is 18.8 Å². The molecule has 0 spiro atoms. The molecule has 2 fully saturated rings. The highest BCUT2D eigenvalue weighted by Gasteiger charge is 2.39. The largest absolute Gasteiger partial charge is 0.390 e. The summed E-state index contributed by atoms with van der Waals surface area (Å²) >= 11 is 0. The van der Waals surface area contributed by atoms with Crippen molar-refractivity contribution >= 4 is 6.03 Å². The summed E-state index contributed by atoms with van der Waals surface area (Å²) in [6.07, 6.45) is -3.08. The molecule has 4 nitrogen and oxygen atoms in total. The Morgan fingerprint density at radius 2 is 2.11 bits per heavy atom. The lowest BCUT2D eigenvalue weighted by Crippen LogP contribution is -2.53. The molecule has 1 atom stereocenters. The Kier molecular flexibility index (Phi) is 3.99. The number of halogens is 3. The van der Waals surface area contributed by atoms with Crippen LogP contribution in [0.4, 0.5) is 18.0 Å². The van der Waals surface area contributed by atoms with Crippen LogP contribution >= 0.6 is 0 Å². The number of hydrogen-bond acceptors (Lipinski definition) is 2. The van der Waals surface area contributed by atoms with Crippen LogP contribution in [-0.2, 0) is 4.74 Å². The Labute approximate surface area is 103 Å². The molecule has 0 aromatic heterocycles. The van der Waals surface area contributed by atoms with E-state index in [0.29, 0.717) is 25.7 Å². The summed E-state index contributed by atoms with van der Waals surface area (Å²) in [7, 11) is 0. The van der Waals surface area contributed by atoms with Gasteiger partial charge in [0.15, 0.2) is 0 Å². The number of nitrogens with zero attached hydrogens (tertiary/aromatic N) is 1. The molecule has 7 heteroatoms. The standard InChI is InChI=1S/C11H17F3N2O2/c12-11(13,14)3-4-15-10(17)16-5-6-18-7-9(16)8-1-2-8/h8-9H,1-7H2,(H,15,17). The second kappa shape index (κ2) is 5.34. The van der Waals surface area contributed by atoms with Gasteiger partial charge in [0.2, 0.25) is 0 Å². The molecule has 1 saturated carbocycles. The molecule has 2 rings (SSSR count). The lowest BCUT2D eigenvalue weighted by atomic mass is 10.1. The van der Waals surface area contributed by atoms with Gasteiger partial charge in [-0.3, -0.25) is 0 Å². The van der Waals surface area contributed by atoms with E-state index in [9.17, 15) is 18.0 Å². The summed E-state index contributed by atoms with van der Waals surface area (Å²) in [5, 5.41) is 2.33. The number of morpholine rings is 1. The Hall–Kier alpha value is -0.980. The van der Waals surface area contributed by atoms with Crippen LogP contribution in [-0.4, -0.2) is 49.5 Å². The van der Waals surface area contributed by atoms with Gasteiger partial charge in [0, 0.05) is 13.1 Å². The molecule has 104 valence electrons. The van der Waals surface area contributed by atoms with E-state index in [2.05, 4.69) is 5.32 Å². The summed E-state index contributed by atoms with van der Waals surface area (Å²) in [4.78, 5) is 13.4. The third-order valence-electron chi connectivity index (χ3n) is 3.28. The predicted molar refractivity (Wildman–Crippen MR) is 58.1 cm³/mol. The van der Waals surface area contributed by atoms with Gasteiger partial charge in [0.1, 0.15) is 0 Å². The van der Waals surface area contributed by atoms with E-state index >= 15 is 0 Å².